The van der Waals surface area contributed by atoms with Gasteiger partial charge in [-0.15, -0.1) is 6.58 Å². The molecule has 0 aliphatic heterocycles. The zero-order valence-corrected chi connectivity index (χ0v) is 11.7. The molecule has 0 heterocycles. The third-order valence-corrected chi connectivity index (χ3v) is 2.89. The summed E-state index contributed by atoms with van der Waals surface area (Å²) in [5.74, 6) is -0.133. The SMILES string of the molecule is C=CCC(N)C(=O)N(C)Cc1cc(Cl)cc(Cl)c1. The fourth-order valence-electron chi connectivity index (χ4n) is 1.62. The Labute approximate surface area is 117 Å². The van der Waals surface area contributed by atoms with Gasteiger partial charge in [-0.2, -0.15) is 0 Å². The molecule has 1 amide bonds. The van der Waals surface area contributed by atoms with Gasteiger partial charge in [0.05, 0.1) is 6.04 Å². The van der Waals surface area contributed by atoms with Crippen LogP contribution in [0.2, 0.25) is 10.0 Å². The van der Waals surface area contributed by atoms with Gasteiger partial charge in [0.1, 0.15) is 0 Å². The number of carbonyl (C=O) groups excluding carboxylic acids is 1. The molecule has 1 atom stereocenters. The Morgan fingerprint density at radius 1 is 1.44 bits per heavy atom. The number of hydrogen-bond acceptors (Lipinski definition) is 2. The van der Waals surface area contributed by atoms with Crippen molar-refractivity contribution in [3.8, 4) is 0 Å². The van der Waals surface area contributed by atoms with Crippen molar-refractivity contribution in [3.05, 3.63) is 46.5 Å². The lowest BCUT2D eigenvalue weighted by molar-refractivity contribution is -0.131. The number of nitrogens with two attached hydrogens (primary N) is 1. The van der Waals surface area contributed by atoms with Crippen LogP contribution in [-0.2, 0) is 11.3 Å². The minimum atomic E-state index is -0.554. The second-order valence-corrected chi connectivity index (χ2v) is 4.98. The molecule has 18 heavy (non-hydrogen) atoms. The van der Waals surface area contributed by atoms with Gasteiger partial charge in [0, 0.05) is 23.6 Å². The van der Waals surface area contributed by atoms with Crippen molar-refractivity contribution in [1.29, 1.82) is 0 Å². The Kier molecular flexibility index (Phi) is 5.66. The Morgan fingerprint density at radius 3 is 2.50 bits per heavy atom. The average molecular weight is 287 g/mol. The first-order valence-electron chi connectivity index (χ1n) is 5.50. The summed E-state index contributed by atoms with van der Waals surface area (Å²) in [5.41, 5.74) is 6.60. The summed E-state index contributed by atoms with van der Waals surface area (Å²) >= 11 is 11.8. The maximum absolute atomic E-state index is 11.9. The lowest BCUT2D eigenvalue weighted by Crippen LogP contribution is -2.41. The summed E-state index contributed by atoms with van der Waals surface area (Å²) in [6.07, 6.45) is 2.09. The van der Waals surface area contributed by atoms with E-state index >= 15 is 0 Å². The molecule has 0 spiro atoms. The molecule has 0 aromatic heterocycles. The van der Waals surface area contributed by atoms with Crippen molar-refractivity contribution in [1.82, 2.24) is 4.90 Å². The topological polar surface area (TPSA) is 46.3 Å². The van der Waals surface area contributed by atoms with Gasteiger partial charge in [-0.05, 0) is 30.2 Å². The lowest BCUT2D eigenvalue weighted by atomic mass is 10.1. The van der Waals surface area contributed by atoms with Crippen LogP contribution in [0.15, 0.2) is 30.9 Å². The Morgan fingerprint density at radius 2 is 2.00 bits per heavy atom. The number of hydrogen-bond donors (Lipinski definition) is 1. The normalized spacial score (nSPS) is 12.0. The molecule has 0 radical (unpaired) electrons. The molecule has 1 unspecified atom stereocenters. The van der Waals surface area contributed by atoms with E-state index in [9.17, 15) is 4.79 Å². The summed E-state index contributed by atoms with van der Waals surface area (Å²) in [4.78, 5) is 13.4. The number of benzene rings is 1. The van der Waals surface area contributed by atoms with Gasteiger partial charge >= 0.3 is 0 Å². The highest BCUT2D eigenvalue weighted by atomic mass is 35.5. The number of halogens is 2. The van der Waals surface area contributed by atoms with Crippen molar-refractivity contribution < 1.29 is 4.79 Å². The van der Waals surface area contributed by atoms with Crippen LogP contribution in [0.25, 0.3) is 0 Å². The summed E-state index contributed by atoms with van der Waals surface area (Å²) in [6, 6.07) is 4.65. The van der Waals surface area contributed by atoms with Gasteiger partial charge in [-0.25, -0.2) is 0 Å². The molecule has 2 N–H and O–H groups in total. The van der Waals surface area contributed by atoms with Crippen LogP contribution in [0.3, 0.4) is 0 Å². The molecule has 0 bridgehead atoms. The maximum Gasteiger partial charge on any atom is 0.239 e. The van der Waals surface area contributed by atoms with Gasteiger partial charge in [-0.1, -0.05) is 29.3 Å². The third-order valence-electron chi connectivity index (χ3n) is 2.46. The van der Waals surface area contributed by atoms with Crippen LogP contribution >= 0.6 is 23.2 Å². The molecule has 1 aromatic rings. The van der Waals surface area contributed by atoms with E-state index in [4.69, 9.17) is 28.9 Å². The first kappa shape index (κ1) is 15.0. The van der Waals surface area contributed by atoms with Crippen LogP contribution in [0.4, 0.5) is 0 Å². The molecule has 0 saturated carbocycles. The first-order valence-corrected chi connectivity index (χ1v) is 6.26. The van der Waals surface area contributed by atoms with Gasteiger partial charge in [0.2, 0.25) is 5.91 Å². The number of amides is 1. The highest BCUT2D eigenvalue weighted by Gasteiger charge is 2.16. The minimum absolute atomic E-state index is 0.133. The first-order chi connectivity index (χ1) is 8.43. The Hall–Kier alpha value is -1.03. The van der Waals surface area contributed by atoms with Gasteiger partial charge in [0.15, 0.2) is 0 Å². The predicted molar refractivity (Wildman–Crippen MR) is 75.7 cm³/mol. The predicted octanol–water partition coefficient (Wildman–Crippen LogP) is 2.86. The van der Waals surface area contributed by atoms with Crippen LogP contribution in [0.5, 0.6) is 0 Å². The molecule has 3 nitrogen and oxygen atoms in total. The molecule has 1 rings (SSSR count). The third kappa shape index (κ3) is 4.33. The quantitative estimate of drug-likeness (QED) is 0.846. The molecule has 0 saturated heterocycles. The van der Waals surface area contributed by atoms with Crippen molar-refractivity contribution in [3.63, 3.8) is 0 Å². The van der Waals surface area contributed by atoms with E-state index in [0.29, 0.717) is 23.0 Å². The van der Waals surface area contributed by atoms with E-state index in [0.717, 1.165) is 5.56 Å². The van der Waals surface area contributed by atoms with Gasteiger partial charge < -0.3 is 10.6 Å². The summed E-state index contributed by atoms with van der Waals surface area (Å²) in [7, 11) is 1.69. The second kappa shape index (κ2) is 6.78. The molecule has 0 aliphatic rings. The monoisotopic (exact) mass is 286 g/mol. The van der Waals surface area contributed by atoms with E-state index in [1.165, 1.54) is 0 Å². The number of rotatable bonds is 5. The fourth-order valence-corrected chi connectivity index (χ4v) is 2.19. The molecular weight excluding hydrogens is 271 g/mol. The van der Waals surface area contributed by atoms with E-state index in [1.807, 2.05) is 0 Å². The van der Waals surface area contributed by atoms with Crippen LogP contribution in [0, 0.1) is 0 Å². The lowest BCUT2D eigenvalue weighted by Gasteiger charge is -2.21. The highest BCUT2D eigenvalue weighted by molar-refractivity contribution is 6.34. The molecule has 1 aromatic carbocycles. The highest BCUT2D eigenvalue weighted by Crippen LogP contribution is 2.20. The van der Waals surface area contributed by atoms with Crippen molar-refractivity contribution >= 4 is 29.1 Å². The van der Waals surface area contributed by atoms with Crippen molar-refractivity contribution in [2.24, 2.45) is 5.73 Å². The van der Waals surface area contributed by atoms with Gasteiger partial charge in [-0.3, -0.25) is 4.79 Å². The summed E-state index contributed by atoms with van der Waals surface area (Å²) in [6.45, 7) is 3.98. The van der Waals surface area contributed by atoms with Crippen molar-refractivity contribution in [2.75, 3.05) is 7.05 Å². The van der Waals surface area contributed by atoms with E-state index in [-0.39, 0.29) is 5.91 Å². The van der Waals surface area contributed by atoms with E-state index < -0.39 is 6.04 Å². The summed E-state index contributed by atoms with van der Waals surface area (Å²) < 4.78 is 0. The zero-order valence-electron chi connectivity index (χ0n) is 10.2. The Balaban J connectivity index is 2.71. The van der Waals surface area contributed by atoms with E-state index in [2.05, 4.69) is 6.58 Å². The Bertz CT molecular complexity index is 428. The molecule has 5 heteroatoms. The standard InChI is InChI=1S/C13H16Cl2N2O/c1-3-4-12(16)13(18)17(2)8-9-5-10(14)7-11(15)6-9/h3,5-7,12H,1,4,8,16H2,2H3. The number of nitrogens with zero attached hydrogens (tertiary/aromatic N) is 1. The fraction of sp³-hybridized carbons (Fsp3) is 0.308. The second-order valence-electron chi connectivity index (χ2n) is 4.10. The molecule has 0 aliphatic carbocycles. The van der Waals surface area contributed by atoms with Crippen LogP contribution in [0.1, 0.15) is 12.0 Å². The largest absolute Gasteiger partial charge is 0.340 e. The molecule has 0 fully saturated rings. The minimum Gasteiger partial charge on any atom is -0.340 e. The number of carbonyl (C=O) groups is 1. The summed E-state index contributed by atoms with van der Waals surface area (Å²) in [5, 5.41) is 1.10. The van der Waals surface area contributed by atoms with Crippen molar-refractivity contribution in [2.45, 2.75) is 19.0 Å². The van der Waals surface area contributed by atoms with Gasteiger partial charge in [0.25, 0.3) is 0 Å². The van der Waals surface area contributed by atoms with Crippen LogP contribution < -0.4 is 5.73 Å². The van der Waals surface area contributed by atoms with Crippen LogP contribution in [-0.4, -0.2) is 23.9 Å². The zero-order chi connectivity index (χ0) is 13.7. The maximum atomic E-state index is 11.9. The van der Waals surface area contributed by atoms with E-state index in [1.54, 1.807) is 36.2 Å². The smallest absolute Gasteiger partial charge is 0.239 e. The molecule has 98 valence electrons. The molecular formula is C13H16Cl2N2O. The average Bonchev–Trinajstić information content (AvgIpc) is 2.26. The number of likely N-dealkylation sites (N-methyl/N-ethyl adjacent to an activating group) is 1.